The topological polar surface area (TPSA) is 84.2 Å². The Hall–Kier alpha value is -2.67. The van der Waals surface area contributed by atoms with E-state index in [1.165, 1.54) is 31.6 Å². The molecule has 0 radical (unpaired) electrons. The highest BCUT2D eigenvalue weighted by molar-refractivity contribution is 6.32. The van der Waals surface area contributed by atoms with Gasteiger partial charge in [-0.3, -0.25) is 0 Å². The van der Waals surface area contributed by atoms with Gasteiger partial charge in [-0.2, -0.15) is 0 Å². The number of methoxy groups -OCH3 is 1. The van der Waals surface area contributed by atoms with Gasteiger partial charge in [-0.05, 0) is 18.2 Å². The Balaban J connectivity index is 1.74. The minimum Gasteiger partial charge on any atom is -0.489 e. The van der Waals surface area contributed by atoms with Crippen LogP contribution in [0.2, 0.25) is 5.02 Å². The van der Waals surface area contributed by atoms with Gasteiger partial charge in [-0.1, -0.05) is 11.6 Å². The number of carbonyl (C=O) groups excluding carboxylic acids is 2. The standard InChI is InChI=1S/C17H15ClO7/c1-21-17(20)11-3-6-23-14(11)9-25-16(19)10-7-12(18)15-13(8-10)22-4-2-5-24-15/h3,6-8H,2,4-5,9H2,1H3. The predicted molar refractivity (Wildman–Crippen MR) is 86.2 cm³/mol. The lowest BCUT2D eigenvalue weighted by Gasteiger charge is -2.11. The smallest absolute Gasteiger partial charge is 0.341 e. The molecular formula is C17H15ClO7. The van der Waals surface area contributed by atoms with E-state index in [0.717, 1.165) is 6.42 Å². The van der Waals surface area contributed by atoms with E-state index in [9.17, 15) is 9.59 Å². The average molecular weight is 367 g/mol. The van der Waals surface area contributed by atoms with Crippen LogP contribution in [0, 0.1) is 0 Å². The molecule has 8 heteroatoms. The van der Waals surface area contributed by atoms with Crippen LogP contribution in [-0.4, -0.2) is 32.3 Å². The van der Waals surface area contributed by atoms with Crippen molar-refractivity contribution >= 4 is 23.5 Å². The maximum Gasteiger partial charge on any atom is 0.341 e. The van der Waals surface area contributed by atoms with Crippen LogP contribution in [0.5, 0.6) is 11.5 Å². The maximum atomic E-state index is 12.3. The Bertz CT molecular complexity index is 796. The van der Waals surface area contributed by atoms with Crippen molar-refractivity contribution in [3.05, 3.63) is 46.4 Å². The Morgan fingerprint density at radius 2 is 2.00 bits per heavy atom. The fourth-order valence-electron chi connectivity index (χ4n) is 2.31. The number of hydrogen-bond acceptors (Lipinski definition) is 7. The molecule has 0 spiro atoms. The van der Waals surface area contributed by atoms with E-state index in [1.54, 1.807) is 0 Å². The minimum atomic E-state index is -0.634. The molecule has 25 heavy (non-hydrogen) atoms. The summed E-state index contributed by atoms with van der Waals surface area (Å²) in [5, 5.41) is 0.264. The predicted octanol–water partition coefficient (Wildman–Crippen LogP) is 3.24. The van der Waals surface area contributed by atoms with E-state index in [-0.39, 0.29) is 28.5 Å². The summed E-state index contributed by atoms with van der Waals surface area (Å²) in [6.07, 6.45) is 2.04. The summed E-state index contributed by atoms with van der Waals surface area (Å²) in [6.45, 7) is 0.740. The SMILES string of the molecule is COC(=O)c1ccoc1COC(=O)c1cc(Cl)c2c(c1)OCCCO2. The number of benzene rings is 1. The molecule has 1 aliphatic rings. The van der Waals surface area contributed by atoms with E-state index in [0.29, 0.717) is 24.7 Å². The number of fused-ring (bicyclic) bond motifs is 1. The third kappa shape index (κ3) is 3.71. The van der Waals surface area contributed by atoms with Gasteiger partial charge in [0.2, 0.25) is 0 Å². The van der Waals surface area contributed by atoms with Crippen molar-refractivity contribution in [1.82, 2.24) is 0 Å². The van der Waals surface area contributed by atoms with Crippen LogP contribution in [-0.2, 0) is 16.1 Å². The third-order valence-electron chi connectivity index (χ3n) is 3.52. The molecule has 1 aromatic heterocycles. The van der Waals surface area contributed by atoms with Crippen LogP contribution in [0.15, 0.2) is 28.9 Å². The van der Waals surface area contributed by atoms with E-state index >= 15 is 0 Å². The summed E-state index contributed by atoms with van der Waals surface area (Å²) in [5.74, 6) is -0.205. The van der Waals surface area contributed by atoms with Gasteiger partial charge in [0.05, 0.1) is 37.2 Å². The number of furan rings is 1. The van der Waals surface area contributed by atoms with E-state index < -0.39 is 11.9 Å². The molecule has 0 fully saturated rings. The van der Waals surface area contributed by atoms with Gasteiger partial charge in [-0.25, -0.2) is 9.59 Å². The van der Waals surface area contributed by atoms with Crippen molar-refractivity contribution in [2.75, 3.05) is 20.3 Å². The first-order chi connectivity index (χ1) is 12.1. The number of halogens is 1. The summed E-state index contributed by atoms with van der Waals surface area (Å²) >= 11 is 6.16. The lowest BCUT2D eigenvalue weighted by Crippen LogP contribution is -2.09. The minimum absolute atomic E-state index is 0.195. The fourth-order valence-corrected chi connectivity index (χ4v) is 2.57. The lowest BCUT2D eigenvalue weighted by molar-refractivity contribution is 0.0432. The molecule has 0 saturated heterocycles. The van der Waals surface area contributed by atoms with Gasteiger partial charge in [0, 0.05) is 6.42 Å². The summed E-state index contributed by atoms with van der Waals surface area (Å²) in [6, 6.07) is 4.40. The first-order valence-corrected chi connectivity index (χ1v) is 7.89. The molecule has 0 bridgehead atoms. The molecule has 132 valence electrons. The van der Waals surface area contributed by atoms with Gasteiger partial charge in [-0.15, -0.1) is 0 Å². The highest BCUT2D eigenvalue weighted by Crippen LogP contribution is 2.38. The van der Waals surface area contributed by atoms with E-state index in [4.69, 9.17) is 30.2 Å². The molecule has 0 amide bonds. The van der Waals surface area contributed by atoms with Crippen LogP contribution in [0.3, 0.4) is 0 Å². The number of rotatable bonds is 4. The molecule has 0 aliphatic carbocycles. The molecule has 0 atom stereocenters. The summed E-state index contributed by atoms with van der Waals surface area (Å²) in [7, 11) is 1.25. The molecule has 0 N–H and O–H groups in total. The highest BCUT2D eigenvalue weighted by Gasteiger charge is 2.21. The average Bonchev–Trinajstić information content (AvgIpc) is 2.95. The monoisotopic (exact) mass is 366 g/mol. The Kier molecular flexibility index (Phi) is 5.14. The summed E-state index contributed by atoms with van der Waals surface area (Å²) < 4.78 is 26.0. The summed E-state index contributed by atoms with van der Waals surface area (Å²) in [4.78, 5) is 23.9. The van der Waals surface area contributed by atoms with Crippen molar-refractivity contribution < 1.29 is 33.0 Å². The Morgan fingerprint density at radius 1 is 1.20 bits per heavy atom. The van der Waals surface area contributed by atoms with Gasteiger partial charge in [0.1, 0.15) is 5.56 Å². The van der Waals surface area contributed by atoms with Gasteiger partial charge in [0.25, 0.3) is 0 Å². The van der Waals surface area contributed by atoms with Gasteiger partial charge in [0.15, 0.2) is 23.9 Å². The largest absolute Gasteiger partial charge is 0.489 e. The molecule has 7 nitrogen and oxygen atoms in total. The number of carbonyl (C=O) groups is 2. The van der Waals surface area contributed by atoms with Crippen molar-refractivity contribution in [2.45, 2.75) is 13.0 Å². The molecule has 1 aromatic carbocycles. The van der Waals surface area contributed by atoms with Crippen LogP contribution in [0.1, 0.15) is 32.9 Å². The third-order valence-corrected chi connectivity index (χ3v) is 3.80. The van der Waals surface area contributed by atoms with Crippen LogP contribution in [0.25, 0.3) is 0 Å². The second-order valence-electron chi connectivity index (χ2n) is 5.16. The van der Waals surface area contributed by atoms with E-state index in [1.807, 2.05) is 0 Å². The zero-order valence-corrected chi connectivity index (χ0v) is 14.1. The molecular weight excluding hydrogens is 352 g/mol. The first-order valence-electron chi connectivity index (χ1n) is 7.51. The van der Waals surface area contributed by atoms with Crippen molar-refractivity contribution in [3.8, 4) is 11.5 Å². The zero-order valence-electron chi connectivity index (χ0n) is 13.4. The molecule has 0 saturated carbocycles. The number of ether oxygens (including phenoxy) is 4. The Labute approximate surface area is 148 Å². The number of esters is 2. The zero-order chi connectivity index (χ0) is 17.8. The lowest BCUT2D eigenvalue weighted by atomic mass is 10.2. The number of hydrogen-bond donors (Lipinski definition) is 0. The van der Waals surface area contributed by atoms with E-state index in [2.05, 4.69) is 4.74 Å². The van der Waals surface area contributed by atoms with Crippen LogP contribution < -0.4 is 9.47 Å². The molecule has 0 unspecified atom stereocenters. The normalized spacial score (nSPS) is 13.0. The second-order valence-corrected chi connectivity index (χ2v) is 5.57. The van der Waals surface area contributed by atoms with Crippen molar-refractivity contribution in [3.63, 3.8) is 0 Å². The fraction of sp³-hybridized carbons (Fsp3) is 0.294. The summed E-state index contributed by atoms with van der Waals surface area (Å²) in [5.41, 5.74) is 0.410. The van der Waals surface area contributed by atoms with Crippen LogP contribution in [0.4, 0.5) is 0 Å². The van der Waals surface area contributed by atoms with Gasteiger partial charge >= 0.3 is 11.9 Å². The molecule has 1 aliphatic heterocycles. The molecule has 3 rings (SSSR count). The quantitative estimate of drug-likeness (QED) is 0.768. The van der Waals surface area contributed by atoms with Crippen LogP contribution >= 0.6 is 11.6 Å². The van der Waals surface area contributed by atoms with Crippen molar-refractivity contribution in [1.29, 1.82) is 0 Å². The molecule has 2 heterocycles. The highest BCUT2D eigenvalue weighted by atomic mass is 35.5. The molecule has 2 aromatic rings. The second kappa shape index (κ2) is 7.48. The Morgan fingerprint density at radius 3 is 2.80 bits per heavy atom. The van der Waals surface area contributed by atoms with Gasteiger partial charge < -0.3 is 23.4 Å². The maximum absolute atomic E-state index is 12.3. The first kappa shape index (κ1) is 17.2. The van der Waals surface area contributed by atoms with Crippen molar-refractivity contribution in [2.24, 2.45) is 0 Å².